The SMILES string of the molecule is C=C(C)C(=O)OC1CCNC(C(C)(C)C)C1C(C)(C)C. The zero-order valence-corrected chi connectivity index (χ0v) is 14.2. The number of esters is 1. The van der Waals surface area contributed by atoms with Crippen LogP contribution in [-0.2, 0) is 9.53 Å². The first kappa shape index (κ1) is 17.2. The van der Waals surface area contributed by atoms with Gasteiger partial charge < -0.3 is 10.1 Å². The Hall–Kier alpha value is -0.830. The molecule has 1 saturated heterocycles. The van der Waals surface area contributed by atoms with Gasteiger partial charge in [-0.05, 0) is 30.7 Å². The van der Waals surface area contributed by atoms with Gasteiger partial charge in [-0.3, -0.25) is 0 Å². The number of piperidine rings is 1. The summed E-state index contributed by atoms with van der Waals surface area (Å²) in [6, 6.07) is 0.333. The average Bonchev–Trinajstić information content (AvgIpc) is 2.25. The smallest absolute Gasteiger partial charge is 0.333 e. The van der Waals surface area contributed by atoms with Gasteiger partial charge in [0.05, 0.1) is 0 Å². The second-order valence-corrected chi connectivity index (χ2v) is 8.20. The molecular formula is C17H31NO2. The number of ether oxygens (including phenoxy) is 1. The van der Waals surface area contributed by atoms with E-state index in [-0.39, 0.29) is 22.9 Å². The standard InChI is InChI=1S/C17H31NO2/c1-11(2)15(19)20-12-9-10-18-14(17(6,7)8)13(12)16(3,4)5/h12-14,18H,1,9-10H2,2-8H3. The summed E-state index contributed by atoms with van der Waals surface area (Å²) < 4.78 is 5.74. The number of hydrogen-bond donors (Lipinski definition) is 1. The summed E-state index contributed by atoms with van der Waals surface area (Å²) in [5, 5.41) is 3.63. The molecule has 1 rings (SSSR count). The molecule has 0 bridgehead atoms. The van der Waals surface area contributed by atoms with Crippen LogP contribution in [0.3, 0.4) is 0 Å². The molecule has 0 radical (unpaired) electrons. The van der Waals surface area contributed by atoms with Crippen LogP contribution in [-0.4, -0.2) is 24.7 Å². The van der Waals surface area contributed by atoms with Gasteiger partial charge in [-0.15, -0.1) is 0 Å². The lowest BCUT2D eigenvalue weighted by Crippen LogP contribution is -2.59. The van der Waals surface area contributed by atoms with Crippen molar-refractivity contribution in [1.29, 1.82) is 0 Å². The lowest BCUT2D eigenvalue weighted by Gasteiger charge is -2.50. The van der Waals surface area contributed by atoms with E-state index in [4.69, 9.17) is 4.74 Å². The molecule has 0 aliphatic carbocycles. The Morgan fingerprint density at radius 1 is 1.15 bits per heavy atom. The van der Waals surface area contributed by atoms with Crippen molar-refractivity contribution >= 4 is 5.97 Å². The fourth-order valence-corrected chi connectivity index (χ4v) is 3.18. The zero-order valence-electron chi connectivity index (χ0n) is 14.2. The van der Waals surface area contributed by atoms with Crippen molar-refractivity contribution < 1.29 is 9.53 Å². The Kier molecular flexibility index (Phi) is 5.07. The molecule has 3 atom stereocenters. The minimum absolute atomic E-state index is 0.0373. The van der Waals surface area contributed by atoms with Crippen molar-refractivity contribution in [2.75, 3.05) is 6.54 Å². The maximum absolute atomic E-state index is 11.9. The van der Waals surface area contributed by atoms with Gasteiger partial charge >= 0.3 is 5.97 Å². The molecule has 3 unspecified atom stereocenters. The highest BCUT2D eigenvalue weighted by Crippen LogP contribution is 2.42. The summed E-state index contributed by atoms with van der Waals surface area (Å²) >= 11 is 0. The van der Waals surface area contributed by atoms with Gasteiger partial charge in [-0.1, -0.05) is 48.1 Å². The van der Waals surface area contributed by atoms with E-state index in [1.54, 1.807) is 6.92 Å². The topological polar surface area (TPSA) is 38.3 Å². The predicted octanol–water partition coefficient (Wildman–Crippen LogP) is 3.54. The van der Waals surface area contributed by atoms with E-state index in [0.717, 1.165) is 13.0 Å². The molecule has 1 fully saturated rings. The molecular weight excluding hydrogens is 250 g/mol. The van der Waals surface area contributed by atoms with Crippen molar-refractivity contribution in [3.63, 3.8) is 0 Å². The van der Waals surface area contributed by atoms with Crippen LogP contribution in [0.2, 0.25) is 0 Å². The molecule has 1 N–H and O–H groups in total. The highest BCUT2D eigenvalue weighted by atomic mass is 16.5. The lowest BCUT2D eigenvalue weighted by molar-refractivity contribution is -0.154. The molecule has 1 heterocycles. The second-order valence-electron chi connectivity index (χ2n) is 8.20. The van der Waals surface area contributed by atoms with Crippen LogP contribution < -0.4 is 5.32 Å². The molecule has 116 valence electrons. The average molecular weight is 281 g/mol. The van der Waals surface area contributed by atoms with Crippen molar-refractivity contribution in [1.82, 2.24) is 5.32 Å². The number of carbonyl (C=O) groups excluding carboxylic acids is 1. The number of hydrogen-bond acceptors (Lipinski definition) is 3. The molecule has 0 aromatic heterocycles. The molecule has 0 amide bonds. The lowest BCUT2D eigenvalue weighted by atomic mass is 9.64. The van der Waals surface area contributed by atoms with Crippen LogP contribution in [0.5, 0.6) is 0 Å². The Morgan fingerprint density at radius 2 is 1.70 bits per heavy atom. The van der Waals surface area contributed by atoms with Gasteiger partial charge in [0.15, 0.2) is 0 Å². The van der Waals surface area contributed by atoms with Crippen LogP contribution in [0.25, 0.3) is 0 Å². The summed E-state index contributed by atoms with van der Waals surface area (Å²) in [6.07, 6.45) is 0.831. The first-order chi connectivity index (χ1) is 8.94. The van der Waals surface area contributed by atoms with Crippen molar-refractivity contribution in [2.45, 2.75) is 67.0 Å². The third kappa shape index (κ3) is 4.08. The first-order valence-corrected chi connectivity index (χ1v) is 7.54. The molecule has 0 aromatic rings. The van der Waals surface area contributed by atoms with Crippen molar-refractivity contribution in [3.8, 4) is 0 Å². The maximum Gasteiger partial charge on any atom is 0.333 e. The molecule has 1 aliphatic heterocycles. The molecule has 0 spiro atoms. The summed E-state index contributed by atoms with van der Waals surface area (Å²) in [7, 11) is 0. The quantitative estimate of drug-likeness (QED) is 0.621. The van der Waals surface area contributed by atoms with Gasteiger partial charge in [-0.25, -0.2) is 4.79 Å². The third-order valence-corrected chi connectivity index (χ3v) is 4.09. The van der Waals surface area contributed by atoms with Crippen molar-refractivity contribution in [2.24, 2.45) is 16.7 Å². The molecule has 3 heteroatoms. The van der Waals surface area contributed by atoms with E-state index in [1.807, 2.05) is 0 Å². The minimum Gasteiger partial charge on any atom is -0.459 e. The normalized spacial score (nSPS) is 28.1. The van der Waals surface area contributed by atoms with Crippen LogP contribution in [0.15, 0.2) is 12.2 Å². The highest BCUT2D eigenvalue weighted by Gasteiger charge is 2.46. The molecule has 20 heavy (non-hydrogen) atoms. The Morgan fingerprint density at radius 3 is 2.10 bits per heavy atom. The number of carbonyl (C=O) groups is 1. The monoisotopic (exact) mass is 281 g/mol. The summed E-state index contributed by atoms with van der Waals surface area (Å²) in [5.41, 5.74) is 0.681. The second kappa shape index (κ2) is 5.88. The predicted molar refractivity (Wildman–Crippen MR) is 83.5 cm³/mol. The van der Waals surface area contributed by atoms with E-state index in [9.17, 15) is 4.79 Å². The zero-order chi connectivity index (χ0) is 15.7. The highest BCUT2D eigenvalue weighted by molar-refractivity contribution is 5.87. The van der Waals surface area contributed by atoms with Crippen molar-refractivity contribution in [3.05, 3.63) is 12.2 Å². The minimum atomic E-state index is -0.265. The van der Waals surface area contributed by atoms with Crippen LogP contribution in [0.1, 0.15) is 54.9 Å². The van der Waals surface area contributed by atoms with Gasteiger partial charge in [0.2, 0.25) is 0 Å². The Balaban J connectivity index is 3.03. The first-order valence-electron chi connectivity index (χ1n) is 7.54. The maximum atomic E-state index is 11.9. The van der Waals surface area contributed by atoms with E-state index in [1.165, 1.54) is 0 Å². The van der Waals surface area contributed by atoms with E-state index >= 15 is 0 Å². The number of rotatable bonds is 2. The third-order valence-electron chi connectivity index (χ3n) is 4.09. The van der Waals surface area contributed by atoms with E-state index in [2.05, 4.69) is 53.4 Å². The van der Waals surface area contributed by atoms with Gasteiger partial charge in [0.1, 0.15) is 6.10 Å². The van der Waals surface area contributed by atoms with Gasteiger partial charge in [-0.2, -0.15) is 0 Å². The summed E-state index contributed by atoms with van der Waals surface area (Å²) in [4.78, 5) is 11.9. The fourth-order valence-electron chi connectivity index (χ4n) is 3.18. The molecule has 3 nitrogen and oxygen atoms in total. The molecule has 0 saturated carbocycles. The fraction of sp³-hybridized carbons (Fsp3) is 0.824. The molecule has 1 aliphatic rings. The van der Waals surface area contributed by atoms with Gasteiger partial charge in [0, 0.05) is 17.5 Å². The number of nitrogens with one attached hydrogen (secondary N) is 1. The molecule has 0 aromatic carbocycles. The van der Waals surface area contributed by atoms with E-state index < -0.39 is 0 Å². The summed E-state index contributed by atoms with van der Waals surface area (Å²) in [6.45, 7) is 19.7. The van der Waals surface area contributed by atoms with Gasteiger partial charge in [0.25, 0.3) is 0 Å². The van der Waals surface area contributed by atoms with E-state index in [0.29, 0.717) is 17.5 Å². The van der Waals surface area contributed by atoms with Crippen LogP contribution >= 0.6 is 0 Å². The largest absolute Gasteiger partial charge is 0.459 e. The Labute approximate surface area is 124 Å². The summed E-state index contributed by atoms with van der Waals surface area (Å²) in [5.74, 6) is 0.0263. The van der Waals surface area contributed by atoms with Crippen LogP contribution in [0.4, 0.5) is 0 Å². The Bertz CT molecular complexity index is 373. The van der Waals surface area contributed by atoms with Crippen LogP contribution in [0, 0.1) is 16.7 Å².